The zero-order valence-electron chi connectivity index (χ0n) is 16.9. The lowest BCUT2D eigenvalue weighted by molar-refractivity contribution is -0.0249. The average molecular weight is 400 g/mol. The number of nitrogens with zero attached hydrogens (tertiary/aromatic N) is 3. The van der Waals surface area contributed by atoms with Gasteiger partial charge >= 0.3 is 0 Å². The molecule has 4 atom stereocenters. The van der Waals surface area contributed by atoms with Crippen molar-refractivity contribution < 1.29 is 14.3 Å². The van der Waals surface area contributed by atoms with Crippen LogP contribution in [0, 0.1) is 17.7 Å². The summed E-state index contributed by atoms with van der Waals surface area (Å²) in [5.74, 6) is 0.474. The summed E-state index contributed by atoms with van der Waals surface area (Å²) in [6.45, 7) is 5.53. The fourth-order valence-electron chi connectivity index (χ4n) is 5.51. The highest BCUT2D eigenvalue weighted by Gasteiger charge is 2.45. The second-order valence-corrected chi connectivity index (χ2v) is 9.09. The Morgan fingerprint density at radius 2 is 1.83 bits per heavy atom. The van der Waals surface area contributed by atoms with Gasteiger partial charge in [-0.1, -0.05) is 0 Å². The summed E-state index contributed by atoms with van der Waals surface area (Å²) >= 11 is 0. The van der Waals surface area contributed by atoms with Crippen molar-refractivity contribution >= 4 is 16.8 Å². The van der Waals surface area contributed by atoms with E-state index >= 15 is 0 Å². The number of benzene rings is 1. The highest BCUT2D eigenvalue weighted by atomic mass is 19.1. The zero-order valence-corrected chi connectivity index (χ0v) is 16.9. The largest absolute Gasteiger partial charge is 0.391 e. The Balaban J connectivity index is 1.28. The van der Waals surface area contributed by atoms with Gasteiger partial charge in [0.05, 0.1) is 6.10 Å². The van der Waals surface area contributed by atoms with Crippen LogP contribution in [0.1, 0.15) is 23.3 Å². The predicted octanol–water partition coefficient (Wildman–Crippen LogP) is 1.77. The first-order chi connectivity index (χ1) is 14.0. The molecule has 7 heteroatoms. The van der Waals surface area contributed by atoms with Crippen molar-refractivity contribution in [3.05, 3.63) is 35.8 Å². The molecule has 3 aliphatic rings. The Morgan fingerprint density at radius 3 is 2.59 bits per heavy atom. The maximum Gasteiger partial charge on any atom is 0.270 e. The van der Waals surface area contributed by atoms with Crippen LogP contribution in [0.3, 0.4) is 0 Å². The molecule has 156 valence electrons. The molecule has 2 aromatic rings. The lowest BCUT2D eigenvalue weighted by atomic mass is 9.77. The van der Waals surface area contributed by atoms with Crippen molar-refractivity contribution in [2.24, 2.45) is 11.8 Å². The molecule has 2 aliphatic heterocycles. The molecule has 3 fully saturated rings. The van der Waals surface area contributed by atoms with E-state index in [2.05, 4.69) is 21.8 Å². The molecule has 29 heavy (non-hydrogen) atoms. The van der Waals surface area contributed by atoms with Crippen LogP contribution in [-0.2, 0) is 0 Å². The highest BCUT2D eigenvalue weighted by Crippen LogP contribution is 2.39. The Labute approximate surface area is 170 Å². The van der Waals surface area contributed by atoms with Crippen LogP contribution < -0.4 is 0 Å². The van der Waals surface area contributed by atoms with Gasteiger partial charge in [-0.2, -0.15) is 0 Å². The van der Waals surface area contributed by atoms with E-state index in [9.17, 15) is 14.3 Å². The summed E-state index contributed by atoms with van der Waals surface area (Å²) in [4.78, 5) is 22.9. The van der Waals surface area contributed by atoms with E-state index in [1.807, 2.05) is 4.90 Å². The van der Waals surface area contributed by atoms with Crippen molar-refractivity contribution in [3.8, 4) is 0 Å². The third kappa shape index (κ3) is 3.56. The first-order valence-corrected chi connectivity index (χ1v) is 10.7. The van der Waals surface area contributed by atoms with E-state index in [4.69, 9.17) is 0 Å². The highest BCUT2D eigenvalue weighted by molar-refractivity contribution is 5.98. The molecule has 1 aromatic heterocycles. The van der Waals surface area contributed by atoms with Crippen molar-refractivity contribution in [2.45, 2.75) is 25.0 Å². The Morgan fingerprint density at radius 1 is 1.10 bits per heavy atom. The summed E-state index contributed by atoms with van der Waals surface area (Å²) < 4.78 is 13.5. The number of carbonyl (C=O) groups is 1. The minimum atomic E-state index is -0.314. The van der Waals surface area contributed by atoms with Gasteiger partial charge in [0.2, 0.25) is 0 Å². The molecule has 1 aliphatic carbocycles. The number of halogens is 1. The molecule has 1 aromatic carbocycles. The van der Waals surface area contributed by atoms with E-state index < -0.39 is 0 Å². The summed E-state index contributed by atoms with van der Waals surface area (Å²) in [6, 6.07) is 6.46. The summed E-state index contributed by atoms with van der Waals surface area (Å²) in [5.41, 5.74) is 1.29. The summed E-state index contributed by atoms with van der Waals surface area (Å²) in [7, 11) is 2.14. The maximum atomic E-state index is 13.5. The fourth-order valence-corrected chi connectivity index (χ4v) is 5.51. The smallest absolute Gasteiger partial charge is 0.270 e. The lowest BCUT2D eigenvalue weighted by Gasteiger charge is -2.44. The van der Waals surface area contributed by atoms with Crippen molar-refractivity contribution in [2.75, 3.05) is 46.3 Å². The van der Waals surface area contributed by atoms with Gasteiger partial charge in [-0.25, -0.2) is 4.39 Å². The van der Waals surface area contributed by atoms with E-state index in [0.29, 0.717) is 24.1 Å². The molecular weight excluding hydrogens is 371 g/mol. The molecule has 0 unspecified atom stereocenters. The van der Waals surface area contributed by atoms with Gasteiger partial charge in [-0.15, -0.1) is 0 Å². The number of likely N-dealkylation sites (tertiary alicyclic amines) is 1. The number of amides is 1. The van der Waals surface area contributed by atoms with Crippen molar-refractivity contribution in [1.29, 1.82) is 0 Å². The van der Waals surface area contributed by atoms with Crippen molar-refractivity contribution in [1.82, 2.24) is 19.7 Å². The number of aromatic nitrogens is 1. The van der Waals surface area contributed by atoms with Gasteiger partial charge in [0, 0.05) is 56.2 Å². The van der Waals surface area contributed by atoms with Crippen LogP contribution >= 0.6 is 0 Å². The lowest BCUT2D eigenvalue weighted by Crippen LogP contribution is -2.55. The second kappa shape index (κ2) is 7.38. The number of H-pyrrole nitrogens is 1. The van der Waals surface area contributed by atoms with Crippen LogP contribution in [-0.4, -0.2) is 89.2 Å². The monoisotopic (exact) mass is 400 g/mol. The van der Waals surface area contributed by atoms with E-state index in [-0.39, 0.29) is 23.9 Å². The number of piperazine rings is 1. The molecule has 1 amide bonds. The average Bonchev–Trinajstić information content (AvgIpc) is 3.30. The molecule has 2 saturated heterocycles. The number of hydrogen-bond acceptors (Lipinski definition) is 4. The number of rotatable bonds is 2. The second-order valence-electron chi connectivity index (χ2n) is 9.09. The van der Waals surface area contributed by atoms with Gasteiger partial charge < -0.3 is 19.9 Å². The Kier molecular flexibility index (Phi) is 4.84. The molecule has 0 bridgehead atoms. The van der Waals surface area contributed by atoms with Gasteiger partial charge in [-0.3, -0.25) is 9.69 Å². The SMILES string of the molecule is CN1CCN([C@@H]2C[C@@H]3CN(C(=O)c4cc5cc(F)ccc5[nH]4)C[C@@H]3C[C@H]2O)CC1. The number of likely N-dealkylation sites (N-methyl/N-ethyl adjacent to an activating group) is 1. The number of hydrogen-bond donors (Lipinski definition) is 2. The molecule has 5 rings (SSSR count). The third-order valence-electron chi connectivity index (χ3n) is 7.22. The molecule has 0 spiro atoms. The summed E-state index contributed by atoms with van der Waals surface area (Å²) in [5, 5.41) is 11.5. The van der Waals surface area contributed by atoms with Gasteiger partial charge in [0.15, 0.2) is 0 Å². The Bertz CT molecular complexity index is 907. The predicted molar refractivity (Wildman–Crippen MR) is 109 cm³/mol. The third-order valence-corrected chi connectivity index (χ3v) is 7.22. The number of aliphatic hydroxyl groups is 1. The standard InChI is InChI=1S/C22H29FN4O2/c1-25-4-6-26(7-5-25)20-10-15-12-27(13-16(15)11-21(20)28)22(29)19-9-14-8-17(23)2-3-18(14)24-19/h2-3,8-9,15-16,20-21,24,28H,4-7,10-13H2,1H3/t15-,16+,20-,21-/m1/s1. The molecular formula is C22H29FN4O2. The topological polar surface area (TPSA) is 62.8 Å². The number of aliphatic hydroxyl groups excluding tert-OH is 1. The van der Waals surface area contributed by atoms with Crippen LogP contribution in [0.2, 0.25) is 0 Å². The first kappa shape index (κ1) is 19.0. The van der Waals surface area contributed by atoms with Crippen LogP contribution in [0.15, 0.2) is 24.3 Å². The normalized spacial score (nSPS) is 31.3. The molecule has 6 nitrogen and oxygen atoms in total. The van der Waals surface area contributed by atoms with Gasteiger partial charge in [-0.05, 0) is 56.0 Å². The summed E-state index contributed by atoms with van der Waals surface area (Å²) in [6.07, 6.45) is 1.41. The van der Waals surface area contributed by atoms with Crippen molar-refractivity contribution in [3.63, 3.8) is 0 Å². The number of carbonyl (C=O) groups excluding carboxylic acids is 1. The van der Waals surface area contributed by atoms with E-state index in [1.54, 1.807) is 12.1 Å². The maximum absolute atomic E-state index is 13.5. The molecule has 3 heterocycles. The zero-order chi connectivity index (χ0) is 20.1. The fraction of sp³-hybridized carbons (Fsp3) is 0.591. The Hall–Kier alpha value is -1.96. The van der Waals surface area contributed by atoms with Gasteiger partial charge in [0.25, 0.3) is 5.91 Å². The molecule has 0 radical (unpaired) electrons. The molecule has 1 saturated carbocycles. The van der Waals surface area contributed by atoms with E-state index in [0.717, 1.165) is 56.5 Å². The minimum absolute atomic E-state index is 0.0263. The van der Waals surface area contributed by atoms with Gasteiger partial charge in [0.1, 0.15) is 11.5 Å². The number of aromatic amines is 1. The minimum Gasteiger partial charge on any atom is -0.391 e. The van der Waals surface area contributed by atoms with Crippen LogP contribution in [0.4, 0.5) is 4.39 Å². The number of fused-ring (bicyclic) bond motifs is 2. The van der Waals surface area contributed by atoms with Crippen LogP contribution in [0.5, 0.6) is 0 Å². The number of nitrogens with one attached hydrogen (secondary N) is 1. The quantitative estimate of drug-likeness (QED) is 0.807. The van der Waals surface area contributed by atoms with E-state index in [1.165, 1.54) is 12.1 Å². The van der Waals surface area contributed by atoms with Crippen LogP contribution in [0.25, 0.3) is 10.9 Å². The first-order valence-electron chi connectivity index (χ1n) is 10.7. The molecule has 2 N–H and O–H groups in total.